The highest BCUT2D eigenvalue weighted by Gasteiger charge is 2.11. The molecule has 0 fully saturated rings. The van der Waals surface area contributed by atoms with Crippen molar-refractivity contribution in [2.24, 2.45) is 4.99 Å². The first-order valence-corrected chi connectivity index (χ1v) is 7.65. The summed E-state index contributed by atoms with van der Waals surface area (Å²) in [6.45, 7) is 5.81. The second kappa shape index (κ2) is 10.6. The Balaban J connectivity index is 2.58. The highest BCUT2D eigenvalue weighted by Crippen LogP contribution is 2.13. The zero-order valence-electron chi connectivity index (χ0n) is 13.3. The van der Waals surface area contributed by atoms with Gasteiger partial charge in [-0.1, -0.05) is 30.3 Å². The molecule has 22 heavy (non-hydrogen) atoms. The summed E-state index contributed by atoms with van der Waals surface area (Å²) in [4.78, 5) is 15.7. The molecule has 1 unspecified atom stereocenters. The van der Waals surface area contributed by atoms with Gasteiger partial charge in [0.1, 0.15) is 6.54 Å². The number of nitrogens with one attached hydrogen (secondary N) is 3. The Morgan fingerprint density at radius 3 is 2.41 bits per heavy atom. The average molecular weight is 306 g/mol. The normalized spacial score (nSPS) is 12.6. The number of aliphatic hydroxyl groups is 1. The Bertz CT molecular complexity index is 462. The van der Waals surface area contributed by atoms with Crippen molar-refractivity contribution >= 4 is 11.9 Å². The molecule has 0 aliphatic heterocycles. The molecule has 0 spiro atoms. The molecule has 0 aromatic heterocycles. The minimum atomic E-state index is -0.110. The van der Waals surface area contributed by atoms with Gasteiger partial charge in [0.2, 0.25) is 5.91 Å². The number of guanidine groups is 1. The van der Waals surface area contributed by atoms with Gasteiger partial charge in [-0.15, -0.1) is 0 Å². The van der Waals surface area contributed by atoms with Gasteiger partial charge in [-0.25, -0.2) is 4.99 Å². The third-order valence-electron chi connectivity index (χ3n) is 3.11. The predicted molar refractivity (Wildman–Crippen MR) is 88.9 cm³/mol. The second-order valence-corrected chi connectivity index (χ2v) is 4.82. The monoisotopic (exact) mass is 306 g/mol. The molecule has 0 aliphatic carbocycles. The molecule has 0 radical (unpaired) electrons. The van der Waals surface area contributed by atoms with Crippen LogP contribution in [0.1, 0.15) is 25.3 Å². The summed E-state index contributed by atoms with van der Waals surface area (Å²) in [7, 11) is 0. The third kappa shape index (κ3) is 6.58. The molecule has 1 amide bonds. The van der Waals surface area contributed by atoms with E-state index in [0.29, 0.717) is 25.6 Å². The molecule has 4 N–H and O–H groups in total. The van der Waals surface area contributed by atoms with Crippen LogP contribution >= 0.6 is 0 Å². The number of likely N-dealkylation sites (N-methyl/N-ethyl adjacent to an activating group) is 1. The molecule has 0 bridgehead atoms. The summed E-state index contributed by atoms with van der Waals surface area (Å²) < 4.78 is 0. The molecule has 6 heteroatoms. The van der Waals surface area contributed by atoms with Gasteiger partial charge >= 0.3 is 0 Å². The Morgan fingerprint density at radius 2 is 1.82 bits per heavy atom. The van der Waals surface area contributed by atoms with Crippen molar-refractivity contribution in [1.82, 2.24) is 16.0 Å². The highest BCUT2D eigenvalue weighted by molar-refractivity contribution is 5.84. The quantitative estimate of drug-likeness (QED) is 0.415. The molecule has 0 aliphatic rings. The number of benzene rings is 1. The Kier molecular flexibility index (Phi) is 8.67. The van der Waals surface area contributed by atoms with Crippen LogP contribution in [-0.2, 0) is 4.79 Å². The Labute approximate surface area is 132 Å². The fraction of sp³-hybridized carbons (Fsp3) is 0.500. The number of carbonyl (C=O) groups excluding carboxylic acids is 1. The van der Waals surface area contributed by atoms with Gasteiger partial charge in [0, 0.05) is 25.6 Å². The lowest BCUT2D eigenvalue weighted by atomic mass is 10.0. The summed E-state index contributed by atoms with van der Waals surface area (Å²) in [6, 6.07) is 9.82. The third-order valence-corrected chi connectivity index (χ3v) is 3.11. The van der Waals surface area contributed by atoms with Crippen molar-refractivity contribution in [2.45, 2.75) is 19.8 Å². The number of aliphatic hydroxyl groups excluding tert-OH is 1. The lowest BCUT2D eigenvalue weighted by Gasteiger charge is -2.18. The van der Waals surface area contributed by atoms with E-state index < -0.39 is 0 Å². The standard InChI is InChI=1S/C16H26N4O2/c1-3-17-15(22)11-20-16(18-4-2)19-10-14(12-21)13-8-6-5-7-9-13/h5-9,14,21H,3-4,10-12H2,1-2H3,(H,17,22)(H2,18,19,20). The van der Waals surface area contributed by atoms with Crippen LogP contribution in [0, 0.1) is 0 Å². The predicted octanol–water partition coefficient (Wildman–Crippen LogP) is 0.454. The van der Waals surface area contributed by atoms with Crippen molar-refractivity contribution in [3.63, 3.8) is 0 Å². The topological polar surface area (TPSA) is 85.8 Å². The Morgan fingerprint density at radius 1 is 1.14 bits per heavy atom. The van der Waals surface area contributed by atoms with Gasteiger partial charge in [0.25, 0.3) is 0 Å². The van der Waals surface area contributed by atoms with Crippen LogP contribution in [0.5, 0.6) is 0 Å². The number of rotatable bonds is 8. The molecule has 1 rings (SSSR count). The number of nitrogens with zero attached hydrogens (tertiary/aromatic N) is 1. The van der Waals surface area contributed by atoms with Crippen molar-refractivity contribution in [3.05, 3.63) is 35.9 Å². The van der Waals surface area contributed by atoms with Crippen molar-refractivity contribution in [1.29, 1.82) is 0 Å². The lowest BCUT2D eigenvalue weighted by molar-refractivity contribution is -0.119. The summed E-state index contributed by atoms with van der Waals surface area (Å²) in [5.74, 6) is 0.444. The molecular formula is C16H26N4O2. The van der Waals surface area contributed by atoms with Crippen LogP contribution in [0.15, 0.2) is 35.3 Å². The van der Waals surface area contributed by atoms with Gasteiger partial charge in [0.05, 0.1) is 6.61 Å². The van der Waals surface area contributed by atoms with E-state index in [4.69, 9.17) is 0 Å². The van der Waals surface area contributed by atoms with Gasteiger partial charge in [-0.05, 0) is 19.4 Å². The summed E-state index contributed by atoms with van der Waals surface area (Å²) in [5.41, 5.74) is 1.07. The first kappa shape index (κ1) is 18.0. The van der Waals surface area contributed by atoms with Crippen molar-refractivity contribution < 1.29 is 9.90 Å². The number of amides is 1. The fourth-order valence-corrected chi connectivity index (χ4v) is 1.98. The van der Waals surface area contributed by atoms with Crippen LogP contribution in [0.2, 0.25) is 0 Å². The molecule has 1 aromatic rings. The second-order valence-electron chi connectivity index (χ2n) is 4.82. The largest absolute Gasteiger partial charge is 0.396 e. The fourth-order valence-electron chi connectivity index (χ4n) is 1.98. The van der Waals surface area contributed by atoms with E-state index in [1.807, 2.05) is 44.2 Å². The van der Waals surface area contributed by atoms with Crippen LogP contribution in [0.3, 0.4) is 0 Å². The molecular weight excluding hydrogens is 280 g/mol. The van der Waals surface area contributed by atoms with E-state index in [1.165, 1.54) is 0 Å². The average Bonchev–Trinajstić information content (AvgIpc) is 2.54. The SMILES string of the molecule is CCNC(=O)CN=C(NCC)NCC(CO)c1ccccc1. The number of aliphatic imine (C=N–C) groups is 1. The van der Waals surface area contributed by atoms with E-state index in [0.717, 1.165) is 5.56 Å². The first-order chi connectivity index (χ1) is 10.7. The summed E-state index contributed by atoms with van der Waals surface area (Å²) in [5, 5.41) is 18.5. The molecule has 6 nitrogen and oxygen atoms in total. The van der Waals surface area contributed by atoms with Crippen molar-refractivity contribution in [2.75, 3.05) is 32.8 Å². The molecule has 0 saturated heterocycles. The van der Waals surface area contributed by atoms with Crippen molar-refractivity contribution in [3.8, 4) is 0 Å². The summed E-state index contributed by atoms with van der Waals surface area (Å²) >= 11 is 0. The van der Waals surface area contributed by atoms with E-state index in [1.54, 1.807) is 0 Å². The molecule has 1 aromatic carbocycles. The van der Waals surface area contributed by atoms with Gasteiger partial charge < -0.3 is 21.1 Å². The minimum Gasteiger partial charge on any atom is -0.396 e. The maximum Gasteiger partial charge on any atom is 0.241 e. The minimum absolute atomic E-state index is 0.0190. The number of carbonyl (C=O) groups is 1. The van der Waals surface area contributed by atoms with E-state index in [2.05, 4.69) is 20.9 Å². The van der Waals surface area contributed by atoms with Gasteiger partial charge in [-0.3, -0.25) is 4.79 Å². The number of hydrogen-bond donors (Lipinski definition) is 4. The maximum absolute atomic E-state index is 11.5. The van der Waals surface area contributed by atoms with Crippen LogP contribution in [0.4, 0.5) is 0 Å². The number of hydrogen-bond acceptors (Lipinski definition) is 3. The maximum atomic E-state index is 11.5. The highest BCUT2D eigenvalue weighted by atomic mass is 16.3. The molecule has 0 saturated carbocycles. The van der Waals surface area contributed by atoms with Crippen LogP contribution in [-0.4, -0.2) is 49.8 Å². The molecule has 1 atom stereocenters. The van der Waals surface area contributed by atoms with E-state index in [9.17, 15) is 9.90 Å². The zero-order chi connectivity index (χ0) is 16.2. The van der Waals surface area contributed by atoms with Crippen LogP contribution in [0.25, 0.3) is 0 Å². The van der Waals surface area contributed by atoms with Gasteiger partial charge in [-0.2, -0.15) is 0 Å². The van der Waals surface area contributed by atoms with E-state index >= 15 is 0 Å². The van der Waals surface area contributed by atoms with Gasteiger partial charge in [0.15, 0.2) is 5.96 Å². The lowest BCUT2D eigenvalue weighted by Crippen LogP contribution is -2.40. The zero-order valence-corrected chi connectivity index (χ0v) is 13.3. The smallest absolute Gasteiger partial charge is 0.241 e. The Hall–Kier alpha value is -2.08. The molecule has 0 heterocycles. The first-order valence-electron chi connectivity index (χ1n) is 7.65. The van der Waals surface area contributed by atoms with E-state index in [-0.39, 0.29) is 25.0 Å². The van der Waals surface area contributed by atoms with Crippen LogP contribution < -0.4 is 16.0 Å². The molecule has 122 valence electrons. The summed E-state index contributed by atoms with van der Waals surface area (Å²) in [6.07, 6.45) is 0.